The van der Waals surface area contributed by atoms with Crippen LogP contribution in [0.1, 0.15) is 330 Å². The Morgan fingerprint density at radius 2 is 0.585 bits per heavy atom. The predicted octanol–water partition coefficient (Wildman–Crippen LogP) is 19.3. The second-order valence-corrected chi connectivity index (χ2v) is 21.0. The lowest BCUT2D eigenvalue weighted by Crippen LogP contribution is -2.30. The molecule has 0 aromatic rings. The van der Waals surface area contributed by atoms with E-state index in [-0.39, 0.29) is 31.1 Å². The highest BCUT2D eigenvalue weighted by molar-refractivity contribution is 5.71. The van der Waals surface area contributed by atoms with Crippen molar-refractivity contribution in [3.05, 3.63) is 0 Å². The Kier molecular flexibility index (Phi) is 50.5. The molecule has 0 spiro atoms. The minimum atomic E-state index is -0.763. The Bertz CT molecular complexity index is 995. The molecular formula is C59H114O6. The van der Waals surface area contributed by atoms with Gasteiger partial charge in [0.1, 0.15) is 13.2 Å². The number of ether oxygens (including phenoxy) is 3. The standard InChI is InChI=1S/C59H114O6/c1-6-8-9-10-11-12-13-14-15-16-17-18-19-24-31-36-41-46-51-59(62)65-56(53-64-58(61)50-45-40-35-30-26-25-28-33-38-43-48-55(5)7-2)52-63-57(60)49-44-39-34-29-23-21-20-22-27-32-37-42-47-54(3)4/h54-56H,6-53H2,1-5H3/t55?,56-/m1/s1. The van der Waals surface area contributed by atoms with E-state index in [0.29, 0.717) is 19.3 Å². The fourth-order valence-corrected chi connectivity index (χ4v) is 9.02. The van der Waals surface area contributed by atoms with E-state index in [4.69, 9.17) is 14.2 Å². The van der Waals surface area contributed by atoms with Crippen molar-refractivity contribution < 1.29 is 28.6 Å². The minimum absolute atomic E-state index is 0.0629. The third-order valence-corrected chi connectivity index (χ3v) is 13.8. The smallest absolute Gasteiger partial charge is 0.306 e. The Morgan fingerprint density at radius 3 is 0.877 bits per heavy atom. The summed E-state index contributed by atoms with van der Waals surface area (Å²) in [5, 5.41) is 0. The Hall–Kier alpha value is -1.59. The van der Waals surface area contributed by atoms with Crippen molar-refractivity contribution in [2.24, 2.45) is 11.8 Å². The molecule has 0 fully saturated rings. The highest BCUT2D eigenvalue weighted by Gasteiger charge is 2.19. The molecule has 0 N–H and O–H groups in total. The number of unbranched alkanes of at least 4 members (excludes halogenated alkanes) is 37. The van der Waals surface area contributed by atoms with Gasteiger partial charge < -0.3 is 14.2 Å². The fourth-order valence-electron chi connectivity index (χ4n) is 9.02. The zero-order chi connectivity index (χ0) is 47.5. The van der Waals surface area contributed by atoms with Gasteiger partial charge in [0.05, 0.1) is 0 Å². The van der Waals surface area contributed by atoms with Crippen molar-refractivity contribution in [2.45, 2.75) is 336 Å². The molecule has 0 aliphatic carbocycles. The van der Waals surface area contributed by atoms with Crippen LogP contribution in [0.25, 0.3) is 0 Å². The van der Waals surface area contributed by atoms with Crippen LogP contribution in [0.3, 0.4) is 0 Å². The van der Waals surface area contributed by atoms with Crippen molar-refractivity contribution >= 4 is 17.9 Å². The summed E-state index contributed by atoms with van der Waals surface area (Å²) in [7, 11) is 0. The number of rotatable bonds is 53. The molecule has 0 aromatic heterocycles. The summed E-state index contributed by atoms with van der Waals surface area (Å²) < 4.78 is 16.9. The van der Waals surface area contributed by atoms with E-state index in [1.54, 1.807) is 0 Å². The second kappa shape index (κ2) is 51.8. The molecule has 0 heterocycles. The van der Waals surface area contributed by atoms with Gasteiger partial charge in [0.2, 0.25) is 0 Å². The molecule has 1 unspecified atom stereocenters. The third-order valence-electron chi connectivity index (χ3n) is 13.8. The van der Waals surface area contributed by atoms with Crippen molar-refractivity contribution in [3.63, 3.8) is 0 Å². The van der Waals surface area contributed by atoms with Crippen molar-refractivity contribution in [3.8, 4) is 0 Å². The maximum absolute atomic E-state index is 12.9. The van der Waals surface area contributed by atoms with Crippen molar-refractivity contribution in [1.29, 1.82) is 0 Å². The van der Waals surface area contributed by atoms with Crippen LogP contribution in [0.15, 0.2) is 0 Å². The molecule has 2 atom stereocenters. The van der Waals surface area contributed by atoms with Crippen LogP contribution in [-0.4, -0.2) is 37.2 Å². The number of carbonyl (C=O) groups excluding carboxylic acids is 3. The van der Waals surface area contributed by atoms with Gasteiger partial charge in [-0.1, -0.05) is 291 Å². The second-order valence-electron chi connectivity index (χ2n) is 21.0. The average Bonchev–Trinajstić information content (AvgIpc) is 3.29. The van der Waals surface area contributed by atoms with Gasteiger partial charge in [0, 0.05) is 19.3 Å². The zero-order valence-electron chi connectivity index (χ0n) is 44.6. The Balaban J connectivity index is 4.30. The zero-order valence-corrected chi connectivity index (χ0v) is 44.6. The molecule has 0 aliphatic rings. The molecule has 0 aliphatic heterocycles. The van der Waals surface area contributed by atoms with Crippen LogP contribution < -0.4 is 0 Å². The molecule has 6 heteroatoms. The molecule has 0 aromatic carbocycles. The summed E-state index contributed by atoms with van der Waals surface area (Å²) >= 11 is 0. The first-order valence-corrected chi connectivity index (χ1v) is 29.3. The van der Waals surface area contributed by atoms with Gasteiger partial charge in [-0.3, -0.25) is 14.4 Å². The molecule has 0 radical (unpaired) electrons. The molecule has 386 valence electrons. The molecule has 0 saturated carbocycles. The van der Waals surface area contributed by atoms with Crippen molar-refractivity contribution in [2.75, 3.05) is 13.2 Å². The van der Waals surface area contributed by atoms with Gasteiger partial charge in [0.25, 0.3) is 0 Å². The van der Waals surface area contributed by atoms with Crippen LogP contribution in [0.2, 0.25) is 0 Å². The lowest BCUT2D eigenvalue weighted by Gasteiger charge is -2.18. The summed E-state index contributed by atoms with van der Waals surface area (Å²) in [6.45, 7) is 11.4. The maximum Gasteiger partial charge on any atom is 0.306 e. The van der Waals surface area contributed by atoms with E-state index in [1.165, 1.54) is 218 Å². The van der Waals surface area contributed by atoms with Gasteiger partial charge in [-0.05, 0) is 31.1 Å². The predicted molar refractivity (Wildman–Crippen MR) is 280 cm³/mol. The minimum Gasteiger partial charge on any atom is -0.462 e. The summed E-state index contributed by atoms with van der Waals surface area (Å²) in [4.78, 5) is 38.2. The maximum atomic E-state index is 12.9. The largest absolute Gasteiger partial charge is 0.462 e. The Labute approximate surface area is 406 Å². The van der Waals surface area contributed by atoms with Gasteiger partial charge in [0.15, 0.2) is 6.10 Å². The van der Waals surface area contributed by atoms with E-state index in [0.717, 1.165) is 69.6 Å². The first-order valence-electron chi connectivity index (χ1n) is 29.3. The first kappa shape index (κ1) is 63.4. The third kappa shape index (κ3) is 51.6. The number of esters is 3. The molecule has 0 bridgehead atoms. The van der Waals surface area contributed by atoms with Crippen molar-refractivity contribution in [1.82, 2.24) is 0 Å². The van der Waals surface area contributed by atoms with Gasteiger partial charge in [-0.25, -0.2) is 0 Å². The highest BCUT2D eigenvalue weighted by atomic mass is 16.6. The molecule has 65 heavy (non-hydrogen) atoms. The average molecular weight is 920 g/mol. The molecule has 6 nitrogen and oxygen atoms in total. The van der Waals surface area contributed by atoms with Gasteiger partial charge in [-0.15, -0.1) is 0 Å². The number of hydrogen-bond donors (Lipinski definition) is 0. The SMILES string of the molecule is CCCCCCCCCCCCCCCCCCCCC(=O)O[C@H](COC(=O)CCCCCCCCCCCCCCC(C)C)COC(=O)CCCCCCCCCCCCC(C)CC. The number of hydrogen-bond acceptors (Lipinski definition) is 6. The lowest BCUT2D eigenvalue weighted by atomic mass is 9.99. The van der Waals surface area contributed by atoms with Crippen LogP contribution in [0.5, 0.6) is 0 Å². The van der Waals surface area contributed by atoms with Gasteiger partial charge >= 0.3 is 17.9 Å². The van der Waals surface area contributed by atoms with Crippen LogP contribution in [-0.2, 0) is 28.6 Å². The summed E-state index contributed by atoms with van der Waals surface area (Å²) in [5.74, 6) is 0.864. The molecule has 0 rings (SSSR count). The van der Waals surface area contributed by atoms with E-state index in [1.807, 2.05) is 0 Å². The molecule has 0 saturated heterocycles. The molecular weight excluding hydrogens is 805 g/mol. The fraction of sp³-hybridized carbons (Fsp3) is 0.949. The van der Waals surface area contributed by atoms with E-state index >= 15 is 0 Å². The topological polar surface area (TPSA) is 78.9 Å². The monoisotopic (exact) mass is 919 g/mol. The van der Waals surface area contributed by atoms with Crippen LogP contribution in [0, 0.1) is 11.8 Å². The lowest BCUT2D eigenvalue weighted by molar-refractivity contribution is -0.167. The van der Waals surface area contributed by atoms with Gasteiger partial charge in [-0.2, -0.15) is 0 Å². The van der Waals surface area contributed by atoms with E-state index in [9.17, 15) is 14.4 Å². The molecule has 0 amide bonds. The normalized spacial score (nSPS) is 12.5. The van der Waals surface area contributed by atoms with Crippen LogP contribution in [0.4, 0.5) is 0 Å². The van der Waals surface area contributed by atoms with E-state index in [2.05, 4.69) is 34.6 Å². The highest BCUT2D eigenvalue weighted by Crippen LogP contribution is 2.19. The van der Waals surface area contributed by atoms with E-state index < -0.39 is 6.10 Å². The summed E-state index contributed by atoms with van der Waals surface area (Å²) in [6, 6.07) is 0. The Morgan fingerprint density at radius 1 is 0.323 bits per heavy atom. The summed E-state index contributed by atoms with van der Waals surface area (Å²) in [5.41, 5.74) is 0. The quantitative estimate of drug-likeness (QED) is 0.0344. The number of carbonyl (C=O) groups is 3. The van der Waals surface area contributed by atoms with Crippen LogP contribution >= 0.6 is 0 Å². The first-order chi connectivity index (χ1) is 31.8. The summed E-state index contributed by atoms with van der Waals surface area (Å²) in [6.07, 6.45) is 55.1.